The van der Waals surface area contributed by atoms with Crippen molar-refractivity contribution in [1.29, 1.82) is 0 Å². The molecule has 0 saturated carbocycles. The minimum atomic E-state index is -1.23. The van der Waals surface area contributed by atoms with Crippen LogP contribution in [0.1, 0.15) is 25.7 Å². The van der Waals surface area contributed by atoms with Crippen LogP contribution in [0.2, 0.25) is 0 Å². The van der Waals surface area contributed by atoms with Gasteiger partial charge in [0.15, 0.2) is 0 Å². The second-order valence-corrected chi connectivity index (χ2v) is 4.17. The molecule has 8 heteroatoms. The first kappa shape index (κ1) is 14.9. The summed E-state index contributed by atoms with van der Waals surface area (Å²) >= 11 is 0. The Kier molecular flexibility index (Phi) is 5.28. The second kappa shape index (κ2) is 6.72. The smallest absolute Gasteiger partial charge is 0.326 e. The van der Waals surface area contributed by atoms with Crippen LogP contribution in [0.4, 0.5) is 0 Å². The molecule has 1 unspecified atom stereocenters. The van der Waals surface area contributed by atoms with Crippen LogP contribution in [-0.4, -0.2) is 48.1 Å². The maximum absolute atomic E-state index is 11.7. The number of carboxylic acid groups (broad SMARTS) is 1. The number of hydrogen-bond donors (Lipinski definition) is 3. The minimum Gasteiger partial charge on any atom is -0.480 e. The SMILES string of the molecule is COC(=O)CC[C@@H](NC(=O)C1CCC(=O)N1)C(=O)O. The van der Waals surface area contributed by atoms with E-state index in [1.54, 1.807) is 0 Å². The maximum atomic E-state index is 11.7. The van der Waals surface area contributed by atoms with Gasteiger partial charge in [-0.15, -0.1) is 0 Å². The number of aliphatic carboxylic acids is 1. The van der Waals surface area contributed by atoms with E-state index in [-0.39, 0.29) is 25.2 Å². The van der Waals surface area contributed by atoms with Gasteiger partial charge in [-0.2, -0.15) is 0 Å². The molecular formula is C11H16N2O6. The lowest BCUT2D eigenvalue weighted by atomic mass is 10.1. The zero-order chi connectivity index (χ0) is 14.4. The summed E-state index contributed by atoms with van der Waals surface area (Å²) < 4.78 is 4.40. The number of methoxy groups -OCH3 is 1. The Morgan fingerprint density at radius 1 is 1.53 bits per heavy atom. The molecule has 8 nitrogen and oxygen atoms in total. The van der Waals surface area contributed by atoms with Crippen molar-refractivity contribution in [3.63, 3.8) is 0 Å². The number of carboxylic acids is 1. The molecule has 2 amide bonds. The standard InChI is InChI=1S/C11H16N2O6/c1-19-9(15)5-3-7(11(17)18)13-10(16)6-2-4-8(14)12-6/h6-7H,2-5H2,1H3,(H,12,14)(H,13,16)(H,17,18)/t6?,7-/m1/s1. The van der Waals surface area contributed by atoms with Crippen LogP contribution in [0.3, 0.4) is 0 Å². The molecule has 1 rings (SSSR count). The zero-order valence-electron chi connectivity index (χ0n) is 10.5. The maximum Gasteiger partial charge on any atom is 0.326 e. The predicted octanol–water partition coefficient (Wildman–Crippen LogP) is -1.21. The first-order valence-corrected chi connectivity index (χ1v) is 5.83. The Hall–Kier alpha value is -2.12. The second-order valence-electron chi connectivity index (χ2n) is 4.17. The van der Waals surface area contributed by atoms with Gasteiger partial charge in [0, 0.05) is 12.8 Å². The van der Waals surface area contributed by atoms with Crippen molar-refractivity contribution in [3.05, 3.63) is 0 Å². The molecule has 0 aromatic rings. The van der Waals surface area contributed by atoms with Gasteiger partial charge in [0.1, 0.15) is 12.1 Å². The largest absolute Gasteiger partial charge is 0.480 e. The summed E-state index contributed by atoms with van der Waals surface area (Å²) in [6.07, 6.45) is 0.422. The van der Waals surface area contributed by atoms with E-state index in [2.05, 4.69) is 15.4 Å². The first-order chi connectivity index (χ1) is 8.93. The van der Waals surface area contributed by atoms with Crippen molar-refractivity contribution in [3.8, 4) is 0 Å². The van der Waals surface area contributed by atoms with Crippen molar-refractivity contribution in [2.24, 2.45) is 0 Å². The number of nitrogens with one attached hydrogen (secondary N) is 2. The van der Waals surface area contributed by atoms with Gasteiger partial charge in [0.2, 0.25) is 11.8 Å². The monoisotopic (exact) mass is 272 g/mol. The van der Waals surface area contributed by atoms with Crippen LogP contribution in [0.5, 0.6) is 0 Å². The van der Waals surface area contributed by atoms with Crippen molar-refractivity contribution in [2.75, 3.05) is 7.11 Å². The molecule has 0 aliphatic carbocycles. The number of esters is 1. The Labute approximate surface area is 109 Å². The topological polar surface area (TPSA) is 122 Å². The van der Waals surface area contributed by atoms with Crippen LogP contribution in [0.25, 0.3) is 0 Å². The number of hydrogen-bond acceptors (Lipinski definition) is 5. The van der Waals surface area contributed by atoms with E-state index in [0.29, 0.717) is 6.42 Å². The minimum absolute atomic E-state index is 0.0611. The molecule has 1 aliphatic heterocycles. The Bertz CT molecular complexity index is 395. The van der Waals surface area contributed by atoms with Crippen LogP contribution in [0, 0.1) is 0 Å². The fourth-order valence-electron chi connectivity index (χ4n) is 1.70. The van der Waals surface area contributed by atoms with Gasteiger partial charge in [-0.1, -0.05) is 0 Å². The van der Waals surface area contributed by atoms with Crippen molar-refractivity contribution in [2.45, 2.75) is 37.8 Å². The Morgan fingerprint density at radius 3 is 2.68 bits per heavy atom. The van der Waals surface area contributed by atoms with E-state index in [1.165, 1.54) is 7.11 Å². The molecule has 0 aromatic heterocycles. The summed E-state index contributed by atoms with van der Waals surface area (Å²) in [6.45, 7) is 0. The lowest BCUT2D eigenvalue weighted by Gasteiger charge is -2.16. The van der Waals surface area contributed by atoms with E-state index in [9.17, 15) is 19.2 Å². The number of amides is 2. The summed E-state index contributed by atoms with van der Waals surface area (Å²) in [5, 5.41) is 13.7. The summed E-state index contributed by atoms with van der Waals surface area (Å²) in [7, 11) is 1.20. The van der Waals surface area contributed by atoms with Gasteiger partial charge in [0.25, 0.3) is 0 Å². The lowest BCUT2D eigenvalue weighted by molar-refractivity contribution is -0.144. The average Bonchev–Trinajstić information content (AvgIpc) is 2.80. The third-order valence-corrected chi connectivity index (χ3v) is 2.79. The molecule has 1 aliphatic rings. The van der Waals surface area contributed by atoms with E-state index >= 15 is 0 Å². The molecule has 0 radical (unpaired) electrons. The van der Waals surface area contributed by atoms with E-state index < -0.39 is 29.9 Å². The van der Waals surface area contributed by atoms with Crippen LogP contribution >= 0.6 is 0 Å². The van der Waals surface area contributed by atoms with Crippen molar-refractivity contribution >= 4 is 23.8 Å². The number of rotatable bonds is 6. The molecule has 0 spiro atoms. The quantitative estimate of drug-likeness (QED) is 0.521. The van der Waals surface area contributed by atoms with Gasteiger partial charge >= 0.3 is 11.9 Å². The highest BCUT2D eigenvalue weighted by Gasteiger charge is 2.30. The lowest BCUT2D eigenvalue weighted by Crippen LogP contribution is -2.48. The fraction of sp³-hybridized carbons (Fsp3) is 0.636. The molecule has 0 bridgehead atoms. The van der Waals surface area contributed by atoms with Crippen molar-refractivity contribution in [1.82, 2.24) is 10.6 Å². The number of carbonyl (C=O) groups is 4. The molecule has 2 atom stereocenters. The molecule has 1 saturated heterocycles. The average molecular weight is 272 g/mol. The highest BCUT2D eigenvalue weighted by molar-refractivity contribution is 5.92. The van der Waals surface area contributed by atoms with Gasteiger partial charge in [-0.3, -0.25) is 14.4 Å². The molecule has 1 heterocycles. The van der Waals surface area contributed by atoms with E-state index in [4.69, 9.17) is 5.11 Å². The van der Waals surface area contributed by atoms with E-state index in [0.717, 1.165) is 0 Å². The third kappa shape index (κ3) is 4.57. The summed E-state index contributed by atoms with van der Waals surface area (Å²) in [5.74, 6) is -2.57. The van der Waals surface area contributed by atoms with Gasteiger partial charge in [-0.05, 0) is 12.8 Å². The molecule has 3 N–H and O–H groups in total. The highest BCUT2D eigenvalue weighted by atomic mass is 16.5. The van der Waals surface area contributed by atoms with Crippen LogP contribution in [0.15, 0.2) is 0 Å². The third-order valence-electron chi connectivity index (χ3n) is 2.79. The number of ether oxygens (including phenoxy) is 1. The van der Waals surface area contributed by atoms with Crippen molar-refractivity contribution < 1.29 is 29.0 Å². The predicted molar refractivity (Wildman–Crippen MR) is 62.0 cm³/mol. The normalized spacial score (nSPS) is 19.4. The summed E-state index contributed by atoms with van der Waals surface area (Å²) in [4.78, 5) is 44.6. The molecule has 19 heavy (non-hydrogen) atoms. The van der Waals surface area contributed by atoms with Crippen LogP contribution in [-0.2, 0) is 23.9 Å². The van der Waals surface area contributed by atoms with Gasteiger partial charge in [0.05, 0.1) is 7.11 Å². The van der Waals surface area contributed by atoms with Gasteiger partial charge in [-0.25, -0.2) is 4.79 Å². The molecule has 0 aromatic carbocycles. The highest BCUT2D eigenvalue weighted by Crippen LogP contribution is 2.08. The molecular weight excluding hydrogens is 256 g/mol. The molecule has 1 fully saturated rings. The Morgan fingerprint density at radius 2 is 2.21 bits per heavy atom. The van der Waals surface area contributed by atoms with Gasteiger partial charge < -0.3 is 20.5 Å². The molecule has 106 valence electrons. The zero-order valence-corrected chi connectivity index (χ0v) is 10.5. The fourth-order valence-corrected chi connectivity index (χ4v) is 1.70. The Balaban J connectivity index is 2.48. The van der Waals surface area contributed by atoms with E-state index in [1.807, 2.05) is 0 Å². The number of carbonyl (C=O) groups excluding carboxylic acids is 3. The summed E-state index contributed by atoms with van der Waals surface area (Å²) in [5.41, 5.74) is 0. The summed E-state index contributed by atoms with van der Waals surface area (Å²) in [6, 6.07) is -1.88. The first-order valence-electron chi connectivity index (χ1n) is 5.83. The van der Waals surface area contributed by atoms with Crippen LogP contribution < -0.4 is 10.6 Å².